The number of rotatable bonds is 3. The average molecular weight is 226 g/mol. The number of amides is 1. The number of nitrogens with zero attached hydrogens (tertiary/aromatic N) is 1. The fourth-order valence-corrected chi connectivity index (χ4v) is 2.51. The minimum Gasteiger partial charge on any atom is -0.378 e. The molecule has 0 radical (unpaired) electrons. The maximum absolute atomic E-state index is 11.9. The molecule has 0 saturated carbocycles. The number of nitrogens with two attached hydrogens (primary N) is 1. The van der Waals surface area contributed by atoms with E-state index >= 15 is 0 Å². The molecule has 0 bridgehead atoms. The van der Waals surface area contributed by atoms with Crippen LogP contribution >= 0.6 is 0 Å². The molecule has 3 atom stereocenters. The number of hydrogen-bond donors (Lipinski definition) is 1. The standard InChI is InChI=1S/C12H22N2O2/c1-9-7-14(8-11(9)13)12(15)5-4-10-3-2-6-16-10/h9-11H,2-8,13H2,1H3. The maximum atomic E-state index is 11.9. The molecule has 0 spiro atoms. The summed E-state index contributed by atoms with van der Waals surface area (Å²) in [7, 11) is 0. The van der Waals surface area contributed by atoms with Crippen LogP contribution in [0.1, 0.15) is 32.6 Å². The second-order valence-corrected chi connectivity index (χ2v) is 5.11. The van der Waals surface area contributed by atoms with Gasteiger partial charge >= 0.3 is 0 Å². The molecule has 2 saturated heterocycles. The van der Waals surface area contributed by atoms with Crippen LogP contribution in [0.4, 0.5) is 0 Å². The molecule has 2 rings (SSSR count). The van der Waals surface area contributed by atoms with Crippen molar-refractivity contribution >= 4 is 5.91 Å². The second kappa shape index (κ2) is 5.15. The topological polar surface area (TPSA) is 55.6 Å². The van der Waals surface area contributed by atoms with Crippen LogP contribution in [-0.4, -0.2) is 42.6 Å². The van der Waals surface area contributed by atoms with Crippen molar-refractivity contribution in [2.45, 2.75) is 44.8 Å². The monoisotopic (exact) mass is 226 g/mol. The lowest BCUT2D eigenvalue weighted by molar-refractivity contribution is -0.130. The maximum Gasteiger partial charge on any atom is 0.222 e. The van der Waals surface area contributed by atoms with Crippen molar-refractivity contribution in [3.05, 3.63) is 0 Å². The summed E-state index contributed by atoms with van der Waals surface area (Å²) >= 11 is 0. The third-order valence-electron chi connectivity index (χ3n) is 3.73. The number of carbonyl (C=O) groups excluding carboxylic acids is 1. The predicted octanol–water partition coefficient (Wildman–Crippen LogP) is 0.751. The second-order valence-electron chi connectivity index (χ2n) is 5.11. The van der Waals surface area contributed by atoms with Gasteiger partial charge in [-0.2, -0.15) is 0 Å². The van der Waals surface area contributed by atoms with E-state index in [1.165, 1.54) is 0 Å². The Hall–Kier alpha value is -0.610. The van der Waals surface area contributed by atoms with Gasteiger partial charge in [0.1, 0.15) is 0 Å². The van der Waals surface area contributed by atoms with E-state index in [4.69, 9.17) is 10.5 Å². The van der Waals surface area contributed by atoms with Crippen LogP contribution in [0.3, 0.4) is 0 Å². The van der Waals surface area contributed by atoms with Crippen LogP contribution < -0.4 is 5.73 Å². The highest BCUT2D eigenvalue weighted by Crippen LogP contribution is 2.20. The molecular formula is C12H22N2O2. The highest BCUT2D eigenvalue weighted by Gasteiger charge is 2.30. The number of ether oxygens (including phenoxy) is 1. The van der Waals surface area contributed by atoms with Gasteiger partial charge in [0.25, 0.3) is 0 Å². The Labute approximate surface area is 97.1 Å². The first-order valence-electron chi connectivity index (χ1n) is 6.32. The van der Waals surface area contributed by atoms with Gasteiger partial charge in [0.05, 0.1) is 6.10 Å². The normalized spacial score (nSPS) is 34.6. The lowest BCUT2D eigenvalue weighted by Gasteiger charge is -2.17. The number of carbonyl (C=O) groups is 1. The van der Waals surface area contributed by atoms with Gasteiger partial charge in [0.15, 0.2) is 0 Å². The molecule has 2 heterocycles. The van der Waals surface area contributed by atoms with Crippen molar-refractivity contribution in [3.63, 3.8) is 0 Å². The lowest BCUT2D eigenvalue weighted by atomic mass is 10.1. The Bertz CT molecular complexity index is 241. The van der Waals surface area contributed by atoms with Crippen LogP contribution in [0.25, 0.3) is 0 Å². The van der Waals surface area contributed by atoms with Crippen LogP contribution in [-0.2, 0) is 9.53 Å². The van der Waals surface area contributed by atoms with Gasteiger partial charge in [-0.05, 0) is 25.2 Å². The SMILES string of the molecule is CC1CN(C(=O)CCC2CCCO2)CC1N. The van der Waals surface area contributed by atoms with Crippen molar-refractivity contribution in [1.29, 1.82) is 0 Å². The predicted molar refractivity (Wildman–Crippen MR) is 61.9 cm³/mol. The van der Waals surface area contributed by atoms with E-state index in [1.54, 1.807) is 0 Å². The minimum absolute atomic E-state index is 0.159. The molecule has 4 nitrogen and oxygen atoms in total. The van der Waals surface area contributed by atoms with E-state index < -0.39 is 0 Å². The largest absolute Gasteiger partial charge is 0.378 e. The Kier molecular flexibility index (Phi) is 3.82. The molecule has 0 aromatic heterocycles. The van der Waals surface area contributed by atoms with E-state index in [1.807, 2.05) is 4.90 Å². The zero-order chi connectivity index (χ0) is 11.5. The average Bonchev–Trinajstić information content (AvgIpc) is 2.86. The molecular weight excluding hydrogens is 204 g/mol. The molecule has 0 aromatic carbocycles. The third kappa shape index (κ3) is 2.74. The smallest absolute Gasteiger partial charge is 0.222 e. The first-order valence-corrected chi connectivity index (χ1v) is 6.32. The van der Waals surface area contributed by atoms with Gasteiger partial charge in [-0.25, -0.2) is 0 Å². The van der Waals surface area contributed by atoms with Crippen molar-refractivity contribution in [3.8, 4) is 0 Å². The summed E-state index contributed by atoms with van der Waals surface area (Å²) in [5, 5.41) is 0. The van der Waals surface area contributed by atoms with Gasteiger partial charge in [0, 0.05) is 32.2 Å². The van der Waals surface area contributed by atoms with Gasteiger partial charge in [0.2, 0.25) is 5.91 Å². The Morgan fingerprint density at radius 2 is 2.31 bits per heavy atom. The van der Waals surface area contributed by atoms with E-state index in [-0.39, 0.29) is 11.9 Å². The molecule has 16 heavy (non-hydrogen) atoms. The minimum atomic E-state index is 0.159. The summed E-state index contributed by atoms with van der Waals surface area (Å²) in [6, 6.07) is 0.159. The third-order valence-corrected chi connectivity index (χ3v) is 3.73. The van der Waals surface area contributed by atoms with Crippen molar-refractivity contribution < 1.29 is 9.53 Å². The van der Waals surface area contributed by atoms with Crippen LogP contribution in [0.5, 0.6) is 0 Å². The van der Waals surface area contributed by atoms with Gasteiger partial charge in [-0.15, -0.1) is 0 Å². The molecule has 4 heteroatoms. The van der Waals surface area contributed by atoms with E-state index in [0.717, 1.165) is 39.0 Å². The number of hydrogen-bond acceptors (Lipinski definition) is 3. The van der Waals surface area contributed by atoms with E-state index in [9.17, 15) is 4.79 Å². The van der Waals surface area contributed by atoms with Crippen LogP contribution in [0, 0.1) is 5.92 Å². The molecule has 2 aliphatic heterocycles. The fraction of sp³-hybridized carbons (Fsp3) is 0.917. The highest BCUT2D eigenvalue weighted by atomic mass is 16.5. The zero-order valence-corrected chi connectivity index (χ0v) is 10.0. The zero-order valence-electron chi connectivity index (χ0n) is 10.0. The molecule has 92 valence electrons. The molecule has 2 fully saturated rings. The molecule has 0 aromatic rings. The lowest BCUT2D eigenvalue weighted by Crippen LogP contribution is -2.32. The summed E-state index contributed by atoms with van der Waals surface area (Å²) < 4.78 is 5.51. The van der Waals surface area contributed by atoms with Crippen LogP contribution in [0.2, 0.25) is 0 Å². The quantitative estimate of drug-likeness (QED) is 0.772. The fourth-order valence-electron chi connectivity index (χ4n) is 2.51. The van der Waals surface area contributed by atoms with Crippen molar-refractivity contribution in [1.82, 2.24) is 4.90 Å². The molecule has 3 unspecified atom stereocenters. The molecule has 2 N–H and O–H groups in total. The van der Waals surface area contributed by atoms with Crippen molar-refractivity contribution in [2.75, 3.05) is 19.7 Å². The molecule has 1 amide bonds. The molecule has 2 aliphatic rings. The van der Waals surface area contributed by atoms with Crippen LogP contribution in [0.15, 0.2) is 0 Å². The summed E-state index contributed by atoms with van der Waals surface area (Å²) in [6.45, 7) is 4.53. The summed E-state index contributed by atoms with van der Waals surface area (Å²) in [5.41, 5.74) is 5.91. The summed E-state index contributed by atoms with van der Waals surface area (Å²) in [6.07, 6.45) is 4.06. The number of likely N-dealkylation sites (tertiary alicyclic amines) is 1. The van der Waals surface area contributed by atoms with E-state index in [0.29, 0.717) is 18.4 Å². The first kappa shape index (κ1) is 11.9. The van der Waals surface area contributed by atoms with Crippen molar-refractivity contribution in [2.24, 2.45) is 11.7 Å². The van der Waals surface area contributed by atoms with Gasteiger partial charge in [-0.1, -0.05) is 6.92 Å². The summed E-state index contributed by atoms with van der Waals surface area (Å²) in [5.74, 6) is 0.682. The molecule has 0 aliphatic carbocycles. The van der Waals surface area contributed by atoms with Gasteiger partial charge in [-0.3, -0.25) is 4.79 Å². The first-order chi connectivity index (χ1) is 7.66. The Morgan fingerprint density at radius 3 is 2.88 bits per heavy atom. The Morgan fingerprint density at radius 1 is 1.50 bits per heavy atom. The Balaban J connectivity index is 1.71. The highest BCUT2D eigenvalue weighted by molar-refractivity contribution is 5.76. The van der Waals surface area contributed by atoms with Gasteiger partial charge < -0.3 is 15.4 Å². The van der Waals surface area contributed by atoms with E-state index in [2.05, 4.69) is 6.92 Å². The summed E-state index contributed by atoms with van der Waals surface area (Å²) in [4.78, 5) is 13.8.